The summed E-state index contributed by atoms with van der Waals surface area (Å²) in [7, 11) is 0. The van der Waals surface area contributed by atoms with Crippen LogP contribution in [-0.4, -0.2) is 37.8 Å². The van der Waals surface area contributed by atoms with Crippen molar-refractivity contribution in [2.45, 2.75) is 19.6 Å². The fourth-order valence-electron chi connectivity index (χ4n) is 1.49. The molecule has 8 heteroatoms. The number of halogens is 2. The Morgan fingerprint density at radius 2 is 2.04 bits per heavy atom. The summed E-state index contributed by atoms with van der Waals surface area (Å²) in [5.74, 6) is -1.61. The highest BCUT2D eigenvalue weighted by atomic mass is 19.3. The minimum atomic E-state index is -3.02. The fourth-order valence-corrected chi connectivity index (χ4v) is 1.49. The summed E-state index contributed by atoms with van der Waals surface area (Å²) < 4.78 is 38.6. The Morgan fingerprint density at radius 1 is 1.35 bits per heavy atom. The minimum Gasteiger partial charge on any atom is -0.454 e. The number of alkyl halides is 2. The molecule has 0 spiro atoms. The summed E-state index contributed by atoms with van der Waals surface area (Å²) >= 11 is 0. The maximum Gasteiger partial charge on any atom is 0.387 e. The first-order valence-corrected chi connectivity index (χ1v) is 6.67. The maximum atomic E-state index is 12.3. The Kier molecular flexibility index (Phi) is 7.69. The van der Waals surface area contributed by atoms with Gasteiger partial charge in [0.1, 0.15) is 5.75 Å². The molecule has 0 heterocycles. The SMILES string of the molecule is C=CCOC(C)C(=O)OCC(=O)Nc1ccccc1OC(F)F. The number of hydrogen-bond donors (Lipinski definition) is 1. The van der Waals surface area contributed by atoms with E-state index in [1.807, 2.05) is 0 Å². The normalized spacial score (nSPS) is 11.7. The molecular formula is C15H17F2NO5. The van der Waals surface area contributed by atoms with E-state index < -0.39 is 31.2 Å². The number of carbonyl (C=O) groups is 2. The van der Waals surface area contributed by atoms with Crippen LogP contribution in [0, 0.1) is 0 Å². The van der Waals surface area contributed by atoms with Gasteiger partial charge in [0.2, 0.25) is 0 Å². The van der Waals surface area contributed by atoms with Gasteiger partial charge in [-0.25, -0.2) is 4.79 Å². The topological polar surface area (TPSA) is 73.9 Å². The first-order valence-electron chi connectivity index (χ1n) is 6.67. The second-order valence-corrected chi connectivity index (χ2v) is 4.29. The number of anilines is 1. The van der Waals surface area contributed by atoms with Gasteiger partial charge in [-0.15, -0.1) is 6.58 Å². The standard InChI is InChI=1S/C15H17F2NO5/c1-3-8-21-10(2)14(20)22-9-13(19)18-11-6-4-5-7-12(11)23-15(16)17/h3-7,10,15H,1,8-9H2,2H3,(H,18,19). The van der Waals surface area contributed by atoms with Gasteiger partial charge >= 0.3 is 12.6 Å². The molecular weight excluding hydrogens is 312 g/mol. The summed E-state index contributed by atoms with van der Waals surface area (Å²) in [6.07, 6.45) is 0.617. The number of hydrogen-bond acceptors (Lipinski definition) is 5. The highest BCUT2D eigenvalue weighted by molar-refractivity contribution is 5.94. The van der Waals surface area contributed by atoms with E-state index in [0.29, 0.717) is 0 Å². The molecule has 1 aromatic rings. The maximum absolute atomic E-state index is 12.3. The van der Waals surface area contributed by atoms with Crippen molar-refractivity contribution in [3.05, 3.63) is 36.9 Å². The summed E-state index contributed by atoms with van der Waals surface area (Å²) in [6.45, 7) is 1.47. The van der Waals surface area contributed by atoms with E-state index in [9.17, 15) is 18.4 Å². The first-order chi connectivity index (χ1) is 10.9. The molecule has 1 amide bonds. The van der Waals surface area contributed by atoms with E-state index in [1.165, 1.54) is 37.3 Å². The van der Waals surface area contributed by atoms with E-state index in [4.69, 9.17) is 9.47 Å². The zero-order valence-electron chi connectivity index (χ0n) is 12.5. The Balaban J connectivity index is 2.51. The molecule has 23 heavy (non-hydrogen) atoms. The zero-order valence-corrected chi connectivity index (χ0v) is 12.5. The molecule has 0 aromatic heterocycles. The third kappa shape index (κ3) is 6.88. The molecule has 1 aromatic carbocycles. The summed E-state index contributed by atoms with van der Waals surface area (Å²) in [4.78, 5) is 23.2. The molecule has 0 saturated heterocycles. The molecule has 1 unspecified atom stereocenters. The average molecular weight is 329 g/mol. The van der Waals surface area contributed by atoms with E-state index in [0.717, 1.165) is 0 Å². The number of carbonyl (C=O) groups excluding carboxylic acids is 2. The molecule has 0 aliphatic carbocycles. The van der Waals surface area contributed by atoms with Gasteiger partial charge in [0.15, 0.2) is 12.7 Å². The van der Waals surface area contributed by atoms with Crippen molar-refractivity contribution in [1.29, 1.82) is 0 Å². The van der Waals surface area contributed by atoms with Gasteiger partial charge in [0.25, 0.3) is 5.91 Å². The van der Waals surface area contributed by atoms with Gasteiger partial charge in [-0.05, 0) is 19.1 Å². The number of amides is 1. The van der Waals surface area contributed by atoms with E-state index in [2.05, 4.69) is 16.6 Å². The number of para-hydroxylation sites is 2. The molecule has 1 N–H and O–H groups in total. The summed E-state index contributed by atoms with van der Waals surface area (Å²) in [6, 6.07) is 5.67. The third-order valence-corrected chi connectivity index (χ3v) is 2.52. The van der Waals surface area contributed by atoms with Crippen molar-refractivity contribution < 1.29 is 32.6 Å². The first kappa shape index (κ1) is 18.6. The van der Waals surface area contributed by atoms with Gasteiger partial charge in [0, 0.05) is 0 Å². The van der Waals surface area contributed by atoms with E-state index >= 15 is 0 Å². The van der Waals surface area contributed by atoms with Crippen molar-refractivity contribution in [1.82, 2.24) is 0 Å². The lowest BCUT2D eigenvalue weighted by Gasteiger charge is -2.13. The molecule has 126 valence electrons. The van der Waals surface area contributed by atoms with Crippen LogP contribution in [0.3, 0.4) is 0 Å². The molecule has 0 bridgehead atoms. The molecule has 0 radical (unpaired) electrons. The fraction of sp³-hybridized carbons (Fsp3) is 0.333. The van der Waals surface area contributed by atoms with E-state index in [-0.39, 0.29) is 18.0 Å². The molecule has 1 atom stereocenters. The van der Waals surface area contributed by atoms with Crippen LogP contribution in [-0.2, 0) is 19.1 Å². The minimum absolute atomic E-state index is 0.0461. The Morgan fingerprint density at radius 3 is 2.70 bits per heavy atom. The van der Waals surface area contributed by atoms with Crippen LogP contribution in [0.1, 0.15) is 6.92 Å². The van der Waals surface area contributed by atoms with Crippen LogP contribution in [0.5, 0.6) is 5.75 Å². The van der Waals surface area contributed by atoms with Crippen LogP contribution in [0.25, 0.3) is 0 Å². The van der Waals surface area contributed by atoms with Gasteiger partial charge in [0.05, 0.1) is 12.3 Å². The number of esters is 1. The van der Waals surface area contributed by atoms with Crippen molar-refractivity contribution in [3.8, 4) is 5.75 Å². The quantitative estimate of drug-likeness (QED) is 0.556. The largest absolute Gasteiger partial charge is 0.454 e. The molecule has 0 aliphatic heterocycles. The van der Waals surface area contributed by atoms with Gasteiger partial charge < -0.3 is 19.5 Å². The number of ether oxygens (including phenoxy) is 3. The van der Waals surface area contributed by atoms with Crippen LogP contribution in [0.4, 0.5) is 14.5 Å². The molecule has 0 saturated carbocycles. The second-order valence-electron chi connectivity index (χ2n) is 4.29. The van der Waals surface area contributed by atoms with Gasteiger partial charge in [-0.2, -0.15) is 8.78 Å². The Hall–Kier alpha value is -2.48. The van der Waals surface area contributed by atoms with Crippen LogP contribution >= 0.6 is 0 Å². The van der Waals surface area contributed by atoms with Crippen LogP contribution in [0.15, 0.2) is 36.9 Å². The third-order valence-electron chi connectivity index (χ3n) is 2.52. The summed E-state index contributed by atoms with van der Waals surface area (Å²) in [5, 5.41) is 2.32. The Bertz CT molecular complexity index is 550. The Labute approximate surface area is 132 Å². The highest BCUT2D eigenvalue weighted by Gasteiger charge is 2.17. The lowest BCUT2D eigenvalue weighted by molar-refractivity contribution is -0.157. The molecule has 1 rings (SSSR count). The monoisotopic (exact) mass is 329 g/mol. The molecule has 0 fully saturated rings. The van der Waals surface area contributed by atoms with Gasteiger partial charge in [-0.3, -0.25) is 4.79 Å². The lowest BCUT2D eigenvalue weighted by Crippen LogP contribution is -2.28. The zero-order chi connectivity index (χ0) is 17.2. The van der Waals surface area contributed by atoms with Crippen molar-refractivity contribution in [3.63, 3.8) is 0 Å². The number of benzene rings is 1. The van der Waals surface area contributed by atoms with Crippen molar-refractivity contribution >= 4 is 17.6 Å². The molecule has 0 aliphatic rings. The smallest absolute Gasteiger partial charge is 0.387 e. The van der Waals surface area contributed by atoms with E-state index in [1.54, 1.807) is 0 Å². The van der Waals surface area contributed by atoms with Crippen LogP contribution < -0.4 is 10.1 Å². The lowest BCUT2D eigenvalue weighted by atomic mass is 10.3. The number of nitrogens with one attached hydrogen (secondary N) is 1. The van der Waals surface area contributed by atoms with Crippen molar-refractivity contribution in [2.75, 3.05) is 18.5 Å². The van der Waals surface area contributed by atoms with Crippen molar-refractivity contribution in [2.24, 2.45) is 0 Å². The number of rotatable bonds is 9. The van der Waals surface area contributed by atoms with Gasteiger partial charge in [-0.1, -0.05) is 18.2 Å². The summed E-state index contributed by atoms with van der Waals surface area (Å²) in [5.41, 5.74) is 0.0461. The van der Waals surface area contributed by atoms with Crippen LogP contribution in [0.2, 0.25) is 0 Å². The highest BCUT2D eigenvalue weighted by Crippen LogP contribution is 2.25. The predicted molar refractivity (Wildman–Crippen MR) is 78.3 cm³/mol. The predicted octanol–water partition coefficient (Wildman–Crippen LogP) is 2.36. The molecule has 6 nitrogen and oxygen atoms in total. The average Bonchev–Trinajstić information content (AvgIpc) is 2.51. The second kappa shape index (κ2) is 9.52.